The third kappa shape index (κ3) is 4.45. The Kier molecular flexibility index (Phi) is 5.48. The monoisotopic (exact) mass is 342 g/mol. The average Bonchev–Trinajstić information content (AvgIpc) is 3.21. The van der Waals surface area contributed by atoms with Crippen molar-refractivity contribution >= 4 is 5.91 Å². The molecule has 1 atom stereocenters. The number of benzene rings is 1. The zero-order chi connectivity index (χ0) is 17.8. The summed E-state index contributed by atoms with van der Waals surface area (Å²) in [4.78, 5) is 19.0. The minimum Gasteiger partial charge on any atom is -0.352 e. The third-order valence-corrected chi connectivity index (χ3v) is 4.45. The molecule has 0 spiro atoms. The minimum absolute atomic E-state index is 0.0117. The first-order valence-corrected chi connectivity index (χ1v) is 8.94. The molecule has 1 aromatic carbocycles. The number of rotatable bonds is 6. The molecule has 6 heteroatoms. The second-order valence-electron chi connectivity index (χ2n) is 7.10. The summed E-state index contributed by atoms with van der Waals surface area (Å²) < 4.78 is 5.13. The fraction of sp³-hybridized carbons (Fsp3) is 0.526. The number of hydrogen-bond acceptors (Lipinski definition) is 5. The zero-order valence-corrected chi connectivity index (χ0v) is 15.2. The van der Waals surface area contributed by atoms with Crippen molar-refractivity contribution in [1.29, 1.82) is 0 Å². The lowest BCUT2D eigenvalue weighted by Crippen LogP contribution is -2.27. The molecule has 0 bridgehead atoms. The van der Waals surface area contributed by atoms with E-state index < -0.39 is 0 Å². The van der Waals surface area contributed by atoms with E-state index in [2.05, 4.69) is 40.3 Å². The van der Waals surface area contributed by atoms with Crippen LogP contribution >= 0.6 is 0 Å². The van der Waals surface area contributed by atoms with Crippen molar-refractivity contribution in [3.63, 3.8) is 0 Å². The van der Waals surface area contributed by atoms with Gasteiger partial charge in [-0.3, -0.25) is 9.69 Å². The number of carbonyl (C=O) groups is 1. The molecule has 1 aliphatic rings. The van der Waals surface area contributed by atoms with Crippen LogP contribution in [0.15, 0.2) is 28.8 Å². The number of likely N-dealkylation sites (tertiary alicyclic amines) is 1. The van der Waals surface area contributed by atoms with Gasteiger partial charge in [0.25, 0.3) is 5.91 Å². The number of carbonyl (C=O) groups excluding carboxylic acids is 1. The highest BCUT2D eigenvalue weighted by Crippen LogP contribution is 2.31. The summed E-state index contributed by atoms with van der Waals surface area (Å²) in [6, 6.07) is 8.05. The van der Waals surface area contributed by atoms with E-state index in [-0.39, 0.29) is 11.9 Å². The number of amides is 1. The molecule has 134 valence electrons. The largest absolute Gasteiger partial charge is 0.352 e. The van der Waals surface area contributed by atoms with Crippen LogP contribution in [-0.4, -0.2) is 34.0 Å². The SMILES string of the molecule is Cc1nc([C@@H]2CCCN2Cc2cccc(C(=O)NCC(C)C)c2)no1. The summed E-state index contributed by atoms with van der Waals surface area (Å²) in [6.45, 7) is 8.46. The minimum atomic E-state index is -0.0117. The van der Waals surface area contributed by atoms with Crippen molar-refractivity contribution in [2.24, 2.45) is 5.92 Å². The molecular weight excluding hydrogens is 316 g/mol. The van der Waals surface area contributed by atoms with E-state index >= 15 is 0 Å². The lowest BCUT2D eigenvalue weighted by atomic mass is 10.1. The first-order chi connectivity index (χ1) is 12.0. The molecule has 3 rings (SSSR count). The molecule has 0 saturated carbocycles. The zero-order valence-electron chi connectivity index (χ0n) is 15.2. The molecular formula is C19H26N4O2. The Morgan fingerprint density at radius 2 is 2.28 bits per heavy atom. The second kappa shape index (κ2) is 7.78. The van der Waals surface area contributed by atoms with Gasteiger partial charge in [0.15, 0.2) is 5.82 Å². The van der Waals surface area contributed by atoms with Gasteiger partial charge in [-0.05, 0) is 43.0 Å². The van der Waals surface area contributed by atoms with Crippen molar-refractivity contribution < 1.29 is 9.32 Å². The van der Waals surface area contributed by atoms with Crippen LogP contribution < -0.4 is 5.32 Å². The maximum Gasteiger partial charge on any atom is 0.251 e. The first kappa shape index (κ1) is 17.6. The quantitative estimate of drug-likeness (QED) is 0.873. The van der Waals surface area contributed by atoms with Gasteiger partial charge in [0.2, 0.25) is 5.89 Å². The molecule has 1 N–H and O–H groups in total. The van der Waals surface area contributed by atoms with Crippen molar-refractivity contribution in [3.05, 3.63) is 47.1 Å². The highest BCUT2D eigenvalue weighted by atomic mass is 16.5. The van der Waals surface area contributed by atoms with Crippen molar-refractivity contribution in [3.8, 4) is 0 Å². The van der Waals surface area contributed by atoms with Gasteiger partial charge in [-0.25, -0.2) is 0 Å². The van der Waals surface area contributed by atoms with Gasteiger partial charge in [0.1, 0.15) is 0 Å². The van der Waals surface area contributed by atoms with Gasteiger partial charge < -0.3 is 9.84 Å². The van der Waals surface area contributed by atoms with Gasteiger partial charge in [-0.2, -0.15) is 4.98 Å². The molecule has 2 aromatic rings. The summed E-state index contributed by atoms with van der Waals surface area (Å²) >= 11 is 0. The van der Waals surface area contributed by atoms with Gasteiger partial charge in [0.05, 0.1) is 6.04 Å². The Balaban J connectivity index is 1.68. The average molecular weight is 342 g/mol. The van der Waals surface area contributed by atoms with Crippen LogP contribution in [0.25, 0.3) is 0 Å². The van der Waals surface area contributed by atoms with Crippen molar-refractivity contribution in [2.75, 3.05) is 13.1 Å². The van der Waals surface area contributed by atoms with E-state index in [9.17, 15) is 4.79 Å². The molecule has 1 aromatic heterocycles. The Labute approximate surface area is 148 Å². The molecule has 25 heavy (non-hydrogen) atoms. The number of aryl methyl sites for hydroxylation is 1. The van der Waals surface area contributed by atoms with Crippen LogP contribution in [0.3, 0.4) is 0 Å². The number of hydrogen-bond donors (Lipinski definition) is 1. The summed E-state index contributed by atoms with van der Waals surface area (Å²) in [5.41, 5.74) is 1.84. The van der Waals surface area contributed by atoms with Crippen LogP contribution in [0, 0.1) is 12.8 Å². The molecule has 0 aliphatic carbocycles. The van der Waals surface area contributed by atoms with Crippen molar-refractivity contribution in [2.45, 2.75) is 46.2 Å². The Bertz CT molecular complexity index is 726. The standard InChI is InChI=1S/C19H26N4O2/c1-13(2)11-20-19(24)16-7-4-6-15(10-16)12-23-9-5-8-17(23)18-21-14(3)25-22-18/h4,6-7,10,13,17H,5,8-9,11-12H2,1-3H3,(H,20,24)/t17-/m0/s1. The van der Waals surface area contributed by atoms with E-state index in [0.717, 1.165) is 37.3 Å². The van der Waals surface area contributed by atoms with Gasteiger partial charge in [-0.15, -0.1) is 0 Å². The Morgan fingerprint density at radius 1 is 1.44 bits per heavy atom. The molecule has 0 radical (unpaired) electrons. The fourth-order valence-corrected chi connectivity index (χ4v) is 3.20. The van der Waals surface area contributed by atoms with E-state index in [1.807, 2.05) is 25.1 Å². The van der Waals surface area contributed by atoms with E-state index in [0.29, 0.717) is 23.9 Å². The summed E-state index contributed by atoms with van der Waals surface area (Å²) in [6.07, 6.45) is 2.15. The lowest BCUT2D eigenvalue weighted by Gasteiger charge is -2.22. The highest BCUT2D eigenvalue weighted by molar-refractivity contribution is 5.94. The van der Waals surface area contributed by atoms with Gasteiger partial charge in [-0.1, -0.05) is 31.1 Å². The van der Waals surface area contributed by atoms with Crippen molar-refractivity contribution in [1.82, 2.24) is 20.4 Å². The van der Waals surface area contributed by atoms with E-state index in [1.165, 1.54) is 0 Å². The molecule has 1 amide bonds. The molecule has 1 fully saturated rings. The second-order valence-corrected chi connectivity index (χ2v) is 7.10. The van der Waals surface area contributed by atoms with Crippen LogP contribution in [0.2, 0.25) is 0 Å². The predicted molar refractivity (Wildman–Crippen MR) is 95.0 cm³/mol. The normalized spacial score (nSPS) is 18.0. The van der Waals surface area contributed by atoms with Crippen LogP contribution in [0.4, 0.5) is 0 Å². The number of nitrogens with one attached hydrogen (secondary N) is 1. The Hall–Kier alpha value is -2.21. The predicted octanol–water partition coefficient (Wildman–Crippen LogP) is 3.10. The van der Waals surface area contributed by atoms with Crippen LogP contribution in [0.5, 0.6) is 0 Å². The van der Waals surface area contributed by atoms with Crippen LogP contribution in [-0.2, 0) is 6.54 Å². The number of nitrogens with zero attached hydrogens (tertiary/aromatic N) is 3. The molecule has 0 unspecified atom stereocenters. The molecule has 2 heterocycles. The maximum absolute atomic E-state index is 12.3. The van der Waals surface area contributed by atoms with Gasteiger partial charge in [0, 0.05) is 25.6 Å². The lowest BCUT2D eigenvalue weighted by molar-refractivity contribution is 0.0949. The molecule has 1 aliphatic heterocycles. The smallest absolute Gasteiger partial charge is 0.251 e. The molecule has 6 nitrogen and oxygen atoms in total. The number of aromatic nitrogens is 2. The summed E-state index contributed by atoms with van der Waals surface area (Å²) in [5, 5.41) is 7.06. The van der Waals surface area contributed by atoms with E-state index in [1.54, 1.807) is 0 Å². The van der Waals surface area contributed by atoms with Gasteiger partial charge >= 0.3 is 0 Å². The summed E-state index contributed by atoms with van der Waals surface area (Å²) in [5.74, 6) is 1.80. The maximum atomic E-state index is 12.3. The van der Waals surface area contributed by atoms with Crippen LogP contribution in [0.1, 0.15) is 60.4 Å². The first-order valence-electron chi connectivity index (χ1n) is 8.94. The fourth-order valence-electron chi connectivity index (χ4n) is 3.20. The third-order valence-electron chi connectivity index (χ3n) is 4.45. The molecule has 1 saturated heterocycles. The van der Waals surface area contributed by atoms with E-state index in [4.69, 9.17) is 4.52 Å². The highest BCUT2D eigenvalue weighted by Gasteiger charge is 2.29. The Morgan fingerprint density at radius 3 is 3.00 bits per heavy atom. The topological polar surface area (TPSA) is 71.3 Å². The summed E-state index contributed by atoms with van der Waals surface area (Å²) in [7, 11) is 0.